The third-order valence-electron chi connectivity index (χ3n) is 2.19. The van der Waals surface area contributed by atoms with Crippen LogP contribution in [0.5, 0.6) is 0 Å². The molecule has 1 N–H and O–H groups in total. The van der Waals surface area contributed by atoms with E-state index in [0.29, 0.717) is 3.70 Å². The molecule has 82 valence electrons. The number of nitrogens with zero attached hydrogens (tertiary/aromatic N) is 2. The number of aromatic nitrogens is 2. The van der Waals surface area contributed by atoms with Crippen LogP contribution in [0.4, 0.5) is 0 Å². The van der Waals surface area contributed by atoms with Gasteiger partial charge in [0, 0.05) is 0 Å². The van der Waals surface area contributed by atoms with E-state index < -0.39 is 5.97 Å². The molecule has 0 fully saturated rings. The maximum absolute atomic E-state index is 10.9. The summed E-state index contributed by atoms with van der Waals surface area (Å²) in [6.45, 7) is 1.98. The van der Waals surface area contributed by atoms with Gasteiger partial charge in [-0.15, -0.1) is 0 Å². The second-order valence-corrected chi connectivity index (χ2v) is 4.43. The molecule has 4 nitrogen and oxygen atoms in total. The SMILES string of the molecule is Cc1cccc(-n2ncc(C(=O)O)c2I)c1. The minimum Gasteiger partial charge on any atom is -0.478 e. The fourth-order valence-electron chi connectivity index (χ4n) is 1.42. The third-order valence-corrected chi connectivity index (χ3v) is 3.23. The van der Waals surface area contributed by atoms with E-state index in [0.717, 1.165) is 11.3 Å². The molecule has 0 unspecified atom stereocenters. The molecule has 1 aromatic heterocycles. The first kappa shape index (κ1) is 11.1. The van der Waals surface area contributed by atoms with Gasteiger partial charge in [0.25, 0.3) is 0 Å². The number of halogens is 1. The Hall–Kier alpha value is -1.37. The van der Waals surface area contributed by atoms with Gasteiger partial charge >= 0.3 is 5.97 Å². The highest BCUT2D eigenvalue weighted by Crippen LogP contribution is 2.17. The number of hydrogen-bond acceptors (Lipinski definition) is 2. The molecule has 16 heavy (non-hydrogen) atoms. The molecule has 0 amide bonds. The molecule has 2 rings (SSSR count). The van der Waals surface area contributed by atoms with Crippen LogP contribution >= 0.6 is 22.6 Å². The van der Waals surface area contributed by atoms with Crippen LogP contribution in [-0.2, 0) is 0 Å². The van der Waals surface area contributed by atoms with Crippen molar-refractivity contribution in [3.63, 3.8) is 0 Å². The summed E-state index contributed by atoms with van der Waals surface area (Å²) in [5.74, 6) is -0.955. The van der Waals surface area contributed by atoms with Gasteiger partial charge in [0.1, 0.15) is 9.26 Å². The molecule has 0 spiro atoms. The van der Waals surface area contributed by atoms with Gasteiger partial charge < -0.3 is 5.11 Å². The average molecular weight is 328 g/mol. The average Bonchev–Trinajstić information content (AvgIpc) is 2.60. The van der Waals surface area contributed by atoms with Crippen molar-refractivity contribution in [3.05, 3.63) is 45.3 Å². The molecular weight excluding hydrogens is 319 g/mol. The summed E-state index contributed by atoms with van der Waals surface area (Å²) in [7, 11) is 0. The normalized spacial score (nSPS) is 10.4. The van der Waals surface area contributed by atoms with Crippen LogP contribution in [0, 0.1) is 10.6 Å². The van der Waals surface area contributed by atoms with Crippen molar-refractivity contribution < 1.29 is 9.90 Å². The molecule has 0 aliphatic heterocycles. The van der Waals surface area contributed by atoms with Crippen LogP contribution < -0.4 is 0 Å². The van der Waals surface area contributed by atoms with Crippen LogP contribution in [0.25, 0.3) is 5.69 Å². The zero-order valence-corrected chi connectivity index (χ0v) is 10.7. The van der Waals surface area contributed by atoms with Crippen molar-refractivity contribution in [2.45, 2.75) is 6.92 Å². The van der Waals surface area contributed by atoms with E-state index in [9.17, 15) is 4.79 Å². The first-order valence-corrected chi connectivity index (χ1v) is 5.71. The number of aryl methyl sites for hydroxylation is 1. The number of aromatic carboxylic acids is 1. The highest BCUT2D eigenvalue weighted by Gasteiger charge is 2.14. The number of benzene rings is 1. The van der Waals surface area contributed by atoms with Crippen molar-refractivity contribution in [3.8, 4) is 5.69 Å². The summed E-state index contributed by atoms with van der Waals surface area (Å²) in [6.07, 6.45) is 1.37. The highest BCUT2D eigenvalue weighted by molar-refractivity contribution is 14.1. The summed E-state index contributed by atoms with van der Waals surface area (Å²) in [5, 5.41) is 13.0. The molecule has 0 aliphatic carbocycles. The second kappa shape index (κ2) is 4.25. The Morgan fingerprint density at radius 3 is 2.81 bits per heavy atom. The highest BCUT2D eigenvalue weighted by atomic mass is 127. The van der Waals surface area contributed by atoms with Gasteiger partial charge in [-0.2, -0.15) is 5.10 Å². The van der Waals surface area contributed by atoms with Crippen molar-refractivity contribution in [2.75, 3.05) is 0 Å². The van der Waals surface area contributed by atoms with Crippen LogP contribution in [0.3, 0.4) is 0 Å². The van der Waals surface area contributed by atoms with Crippen molar-refractivity contribution in [1.82, 2.24) is 9.78 Å². The summed E-state index contributed by atoms with van der Waals surface area (Å²) < 4.78 is 2.23. The predicted octanol–water partition coefficient (Wildman–Crippen LogP) is 2.48. The Kier molecular flexibility index (Phi) is 2.95. The van der Waals surface area contributed by atoms with Crippen molar-refractivity contribution in [1.29, 1.82) is 0 Å². The summed E-state index contributed by atoms with van der Waals surface area (Å²) >= 11 is 1.99. The first-order valence-electron chi connectivity index (χ1n) is 4.63. The fraction of sp³-hybridized carbons (Fsp3) is 0.0909. The molecule has 2 aromatic rings. The number of hydrogen-bond donors (Lipinski definition) is 1. The molecule has 1 aromatic carbocycles. The van der Waals surface area contributed by atoms with Crippen LogP contribution in [0.2, 0.25) is 0 Å². The van der Waals surface area contributed by atoms with Crippen molar-refractivity contribution in [2.24, 2.45) is 0 Å². The summed E-state index contributed by atoms with van der Waals surface area (Å²) in [5.41, 5.74) is 2.21. The smallest absolute Gasteiger partial charge is 0.340 e. The largest absolute Gasteiger partial charge is 0.478 e. The first-order chi connectivity index (χ1) is 7.59. The minimum absolute atomic E-state index is 0.224. The predicted molar refractivity (Wildman–Crippen MR) is 68.0 cm³/mol. The Balaban J connectivity index is 2.53. The van der Waals surface area contributed by atoms with E-state index in [1.165, 1.54) is 6.20 Å². The van der Waals surface area contributed by atoms with Crippen molar-refractivity contribution >= 4 is 28.6 Å². The van der Waals surface area contributed by atoms with Crippen LogP contribution in [-0.4, -0.2) is 20.9 Å². The van der Waals surface area contributed by atoms with Crippen LogP contribution in [0.1, 0.15) is 15.9 Å². The fourth-order valence-corrected chi connectivity index (χ4v) is 2.19. The van der Waals surface area contributed by atoms with E-state index in [1.807, 2.05) is 53.8 Å². The monoisotopic (exact) mass is 328 g/mol. The third kappa shape index (κ3) is 1.95. The molecule has 1 heterocycles. The zero-order chi connectivity index (χ0) is 11.7. The molecule has 5 heteroatoms. The number of carbonyl (C=O) groups is 1. The van der Waals surface area contributed by atoms with E-state index in [4.69, 9.17) is 5.11 Å². The molecule has 0 bridgehead atoms. The molecule has 0 saturated carbocycles. The van der Waals surface area contributed by atoms with Gasteiger partial charge in [0.05, 0.1) is 11.9 Å². The lowest BCUT2D eigenvalue weighted by Crippen LogP contribution is -2.02. The van der Waals surface area contributed by atoms with E-state index >= 15 is 0 Å². The molecular formula is C11H9IN2O2. The van der Waals surface area contributed by atoms with Gasteiger partial charge in [-0.25, -0.2) is 9.48 Å². The van der Waals surface area contributed by atoms with Gasteiger partial charge in [-0.3, -0.25) is 0 Å². The van der Waals surface area contributed by atoms with E-state index in [1.54, 1.807) is 4.68 Å². The topological polar surface area (TPSA) is 55.1 Å². The van der Waals surface area contributed by atoms with E-state index in [-0.39, 0.29) is 5.56 Å². The minimum atomic E-state index is -0.955. The lowest BCUT2D eigenvalue weighted by molar-refractivity contribution is 0.0695. The Morgan fingerprint density at radius 2 is 2.25 bits per heavy atom. The standard InChI is InChI=1S/C11H9IN2O2/c1-7-3-2-4-8(5-7)14-10(12)9(6-13-14)11(15)16/h2-6H,1H3,(H,15,16). The lowest BCUT2D eigenvalue weighted by Gasteiger charge is -2.04. The molecule has 0 aliphatic rings. The summed E-state index contributed by atoms with van der Waals surface area (Å²) in [6, 6.07) is 7.76. The van der Waals surface area contributed by atoms with Gasteiger partial charge in [-0.1, -0.05) is 12.1 Å². The van der Waals surface area contributed by atoms with Crippen LogP contribution in [0.15, 0.2) is 30.5 Å². The van der Waals surface area contributed by atoms with Gasteiger partial charge in [-0.05, 0) is 47.2 Å². The number of rotatable bonds is 2. The Labute approximate surface area is 106 Å². The number of carboxylic acids is 1. The Bertz CT molecular complexity index is 549. The summed E-state index contributed by atoms with van der Waals surface area (Å²) in [4.78, 5) is 10.9. The zero-order valence-electron chi connectivity index (χ0n) is 8.51. The maximum atomic E-state index is 10.9. The van der Waals surface area contributed by atoms with Gasteiger partial charge in [0.2, 0.25) is 0 Å². The Morgan fingerprint density at radius 1 is 1.50 bits per heavy atom. The second-order valence-electron chi connectivity index (χ2n) is 3.41. The molecule has 0 saturated heterocycles. The molecule has 0 radical (unpaired) electrons. The molecule has 0 atom stereocenters. The van der Waals surface area contributed by atoms with E-state index in [2.05, 4.69) is 5.10 Å². The number of carboxylic acid groups (broad SMARTS) is 1. The van der Waals surface area contributed by atoms with Gasteiger partial charge in [0.15, 0.2) is 0 Å². The quantitative estimate of drug-likeness (QED) is 0.862. The maximum Gasteiger partial charge on any atom is 0.340 e. The lowest BCUT2D eigenvalue weighted by atomic mass is 10.2.